The van der Waals surface area contributed by atoms with Gasteiger partial charge in [0.05, 0.1) is 6.33 Å². The molecule has 1 saturated heterocycles. The van der Waals surface area contributed by atoms with Crippen LogP contribution < -0.4 is 0 Å². The Morgan fingerprint density at radius 2 is 1.93 bits per heavy atom. The Morgan fingerprint density at radius 1 is 1.14 bits per heavy atom. The van der Waals surface area contributed by atoms with Crippen molar-refractivity contribution in [1.29, 1.82) is 0 Å². The van der Waals surface area contributed by atoms with Gasteiger partial charge in [-0.1, -0.05) is 12.8 Å². The zero-order chi connectivity index (χ0) is 9.80. The Labute approximate surface area is 90.1 Å². The summed E-state index contributed by atoms with van der Waals surface area (Å²) in [6.45, 7) is 6.51. The maximum atomic E-state index is 4.32. The predicted octanol–water partition coefficient (Wildman–Crippen LogP) is 0.346. The molecule has 1 aromatic heterocycles. The van der Waals surface area contributed by atoms with Crippen LogP contribution >= 0.6 is 12.8 Å². The van der Waals surface area contributed by atoms with Gasteiger partial charge >= 0.3 is 0 Å². The van der Waals surface area contributed by atoms with Crippen molar-refractivity contribution in [3.8, 4) is 0 Å². The summed E-state index contributed by atoms with van der Waals surface area (Å²) in [5.41, 5.74) is 0. The summed E-state index contributed by atoms with van der Waals surface area (Å²) < 4.78 is 4.20. The van der Waals surface area contributed by atoms with Gasteiger partial charge in [-0.3, -0.25) is 9.21 Å². The number of piperazine rings is 1. The number of hydrogen-bond donors (Lipinski definition) is 1. The van der Waals surface area contributed by atoms with E-state index >= 15 is 0 Å². The Morgan fingerprint density at radius 3 is 2.57 bits per heavy atom. The molecule has 1 aliphatic rings. The molecule has 0 radical (unpaired) electrons. The second-order valence-electron chi connectivity index (χ2n) is 3.60. The van der Waals surface area contributed by atoms with Crippen molar-refractivity contribution in [1.82, 2.24) is 18.8 Å². The molecule has 0 aliphatic carbocycles. The van der Waals surface area contributed by atoms with E-state index in [9.17, 15) is 0 Å². The summed E-state index contributed by atoms with van der Waals surface area (Å²) in [6.07, 6.45) is 5.70. The van der Waals surface area contributed by atoms with Gasteiger partial charge in [0.25, 0.3) is 0 Å². The molecule has 0 spiro atoms. The van der Waals surface area contributed by atoms with Gasteiger partial charge in [0.15, 0.2) is 0 Å². The van der Waals surface area contributed by atoms with Gasteiger partial charge in [0, 0.05) is 51.7 Å². The predicted molar refractivity (Wildman–Crippen MR) is 59.2 cm³/mol. The van der Waals surface area contributed by atoms with Gasteiger partial charge in [-0.25, -0.2) is 4.98 Å². The highest BCUT2D eigenvalue weighted by Gasteiger charge is 2.13. The molecule has 4 nitrogen and oxygen atoms in total. The van der Waals surface area contributed by atoms with Crippen LogP contribution in [-0.4, -0.2) is 51.5 Å². The molecule has 78 valence electrons. The molecular weight excluding hydrogens is 196 g/mol. The molecule has 2 heterocycles. The maximum Gasteiger partial charge on any atom is 0.0946 e. The third-order valence-corrected chi connectivity index (χ3v) is 2.98. The molecule has 0 saturated carbocycles. The first-order valence-electron chi connectivity index (χ1n) is 4.96. The fourth-order valence-corrected chi connectivity index (χ4v) is 1.82. The van der Waals surface area contributed by atoms with E-state index in [4.69, 9.17) is 0 Å². The van der Waals surface area contributed by atoms with E-state index in [0.717, 1.165) is 39.3 Å². The molecule has 0 aromatic carbocycles. The lowest BCUT2D eigenvalue weighted by Gasteiger charge is -2.31. The number of thiol groups is 1. The normalized spacial score (nSPS) is 20.1. The molecule has 0 atom stereocenters. The van der Waals surface area contributed by atoms with E-state index in [0.29, 0.717) is 0 Å². The van der Waals surface area contributed by atoms with Gasteiger partial charge < -0.3 is 4.57 Å². The molecule has 5 heteroatoms. The number of imidazole rings is 1. The Hall–Kier alpha value is -0.520. The van der Waals surface area contributed by atoms with E-state index < -0.39 is 0 Å². The van der Waals surface area contributed by atoms with Crippen molar-refractivity contribution in [2.45, 2.75) is 6.54 Å². The second kappa shape index (κ2) is 4.82. The zero-order valence-electron chi connectivity index (χ0n) is 8.21. The average molecular weight is 212 g/mol. The van der Waals surface area contributed by atoms with Crippen LogP contribution in [0.1, 0.15) is 0 Å². The van der Waals surface area contributed by atoms with Crippen LogP contribution in [-0.2, 0) is 6.54 Å². The molecule has 0 unspecified atom stereocenters. The van der Waals surface area contributed by atoms with Crippen LogP contribution in [0.25, 0.3) is 0 Å². The van der Waals surface area contributed by atoms with E-state index in [2.05, 4.69) is 31.6 Å². The molecule has 2 rings (SSSR count). The number of hydrogen-bond acceptors (Lipinski definition) is 4. The summed E-state index contributed by atoms with van der Waals surface area (Å²) in [7, 11) is 0. The summed E-state index contributed by atoms with van der Waals surface area (Å²) in [5.74, 6) is 0. The topological polar surface area (TPSA) is 24.3 Å². The third-order valence-electron chi connectivity index (χ3n) is 2.58. The van der Waals surface area contributed by atoms with Gasteiger partial charge in [0.2, 0.25) is 0 Å². The summed E-state index contributed by atoms with van der Waals surface area (Å²) >= 11 is 4.32. The van der Waals surface area contributed by atoms with Gasteiger partial charge in [-0.15, -0.1) is 0 Å². The maximum absolute atomic E-state index is 4.32. The Bertz CT molecular complexity index is 254. The molecule has 14 heavy (non-hydrogen) atoms. The molecule has 1 fully saturated rings. The second-order valence-corrected chi connectivity index (χ2v) is 4.16. The highest BCUT2D eigenvalue weighted by molar-refractivity contribution is 7.77. The molecule has 1 aromatic rings. The quantitative estimate of drug-likeness (QED) is 0.732. The number of nitrogens with zero attached hydrogens (tertiary/aromatic N) is 4. The Kier molecular flexibility index (Phi) is 3.44. The third kappa shape index (κ3) is 2.73. The van der Waals surface area contributed by atoms with Crippen molar-refractivity contribution in [3.05, 3.63) is 18.7 Å². The minimum Gasteiger partial charge on any atom is -0.336 e. The van der Waals surface area contributed by atoms with Crippen molar-refractivity contribution in [3.63, 3.8) is 0 Å². The fourth-order valence-electron chi connectivity index (χ4n) is 1.64. The monoisotopic (exact) mass is 212 g/mol. The molecule has 0 bridgehead atoms. The molecule has 0 amide bonds. The zero-order valence-corrected chi connectivity index (χ0v) is 9.11. The van der Waals surface area contributed by atoms with Gasteiger partial charge in [0.1, 0.15) is 0 Å². The van der Waals surface area contributed by atoms with Crippen LogP contribution in [0.2, 0.25) is 0 Å². The first-order chi connectivity index (χ1) is 6.84. The smallest absolute Gasteiger partial charge is 0.0946 e. The SMILES string of the molecule is SN1CCN(CCn2ccnc2)CC1. The fraction of sp³-hybridized carbons (Fsp3) is 0.667. The first-order valence-corrected chi connectivity index (χ1v) is 5.36. The van der Waals surface area contributed by atoms with E-state index in [1.54, 1.807) is 0 Å². The van der Waals surface area contributed by atoms with Gasteiger partial charge in [-0.2, -0.15) is 0 Å². The largest absolute Gasteiger partial charge is 0.336 e. The minimum atomic E-state index is 1.03. The van der Waals surface area contributed by atoms with E-state index in [1.165, 1.54) is 0 Å². The van der Waals surface area contributed by atoms with E-state index in [-0.39, 0.29) is 0 Å². The number of aromatic nitrogens is 2. The van der Waals surface area contributed by atoms with Crippen LogP contribution in [0.15, 0.2) is 18.7 Å². The average Bonchev–Trinajstić information content (AvgIpc) is 2.70. The van der Waals surface area contributed by atoms with Crippen molar-refractivity contribution in [2.75, 3.05) is 32.7 Å². The standard InChI is InChI=1S/C9H16N4S/c14-13-7-5-11(6-8-13)3-4-12-2-1-10-9-12/h1-2,9,14H,3-8H2. The lowest BCUT2D eigenvalue weighted by Crippen LogP contribution is -2.43. The van der Waals surface area contributed by atoms with Gasteiger partial charge in [-0.05, 0) is 0 Å². The van der Waals surface area contributed by atoms with Crippen molar-refractivity contribution >= 4 is 12.8 Å². The van der Waals surface area contributed by atoms with E-state index in [1.807, 2.05) is 18.7 Å². The first kappa shape index (κ1) is 10.0. The summed E-state index contributed by atoms with van der Waals surface area (Å²) in [4.78, 5) is 6.49. The van der Waals surface area contributed by atoms with Crippen LogP contribution in [0.3, 0.4) is 0 Å². The van der Waals surface area contributed by atoms with Crippen molar-refractivity contribution in [2.24, 2.45) is 0 Å². The molecular formula is C9H16N4S. The minimum absolute atomic E-state index is 1.03. The Balaban J connectivity index is 1.71. The van der Waals surface area contributed by atoms with Crippen LogP contribution in [0.5, 0.6) is 0 Å². The highest BCUT2D eigenvalue weighted by Crippen LogP contribution is 2.03. The van der Waals surface area contributed by atoms with Crippen LogP contribution in [0, 0.1) is 0 Å². The lowest BCUT2D eigenvalue weighted by atomic mass is 10.3. The summed E-state index contributed by atoms with van der Waals surface area (Å²) in [5, 5.41) is 0. The van der Waals surface area contributed by atoms with Crippen molar-refractivity contribution < 1.29 is 0 Å². The lowest BCUT2D eigenvalue weighted by molar-refractivity contribution is 0.191. The highest BCUT2D eigenvalue weighted by atomic mass is 32.1. The molecule has 1 aliphatic heterocycles. The number of rotatable bonds is 3. The molecule has 0 N–H and O–H groups in total. The summed E-state index contributed by atoms with van der Waals surface area (Å²) in [6, 6.07) is 0. The van der Waals surface area contributed by atoms with Crippen LogP contribution in [0.4, 0.5) is 0 Å².